The number of halogens is 1. The number of thioether (sulfide) groups is 1. The van der Waals surface area contributed by atoms with Crippen molar-refractivity contribution in [1.29, 1.82) is 0 Å². The van der Waals surface area contributed by atoms with Crippen molar-refractivity contribution in [2.24, 2.45) is 0 Å². The lowest BCUT2D eigenvalue weighted by molar-refractivity contribution is 0.437. The Kier molecular flexibility index (Phi) is 5.44. The standard InChI is InChI=1S/C21H22ClN5S/c1-15-23-24-20-14-21(28-12-11-25(2)3)27(17-7-5-4-6-8-17)19-13-16(22)9-10-18(19)26(15)20/h4-10,13-14H,11-12H2,1-3H3. The van der Waals surface area contributed by atoms with Crippen LogP contribution in [0.1, 0.15) is 11.6 Å². The van der Waals surface area contributed by atoms with E-state index in [0.717, 1.165) is 46.0 Å². The van der Waals surface area contributed by atoms with E-state index in [1.54, 1.807) is 11.8 Å². The van der Waals surface area contributed by atoms with Crippen LogP contribution in [0, 0.1) is 6.92 Å². The molecule has 1 aliphatic rings. The van der Waals surface area contributed by atoms with Gasteiger partial charge in [0, 0.05) is 29.1 Å². The lowest BCUT2D eigenvalue weighted by Gasteiger charge is -2.28. The smallest absolute Gasteiger partial charge is 0.163 e. The Balaban J connectivity index is 1.91. The lowest BCUT2D eigenvalue weighted by atomic mass is 10.2. The summed E-state index contributed by atoms with van der Waals surface area (Å²) in [5.74, 6) is 2.64. The maximum atomic E-state index is 6.42. The summed E-state index contributed by atoms with van der Waals surface area (Å²) >= 11 is 8.22. The van der Waals surface area contributed by atoms with E-state index in [0.29, 0.717) is 5.02 Å². The van der Waals surface area contributed by atoms with Gasteiger partial charge in [-0.1, -0.05) is 29.8 Å². The predicted octanol–water partition coefficient (Wildman–Crippen LogP) is 4.97. The largest absolute Gasteiger partial charge is 0.309 e. The van der Waals surface area contributed by atoms with Crippen LogP contribution in [0.25, 0.3) is 11.8 Å². The van der Waals surface area contributed by atoms with E-state index in [4.69, 9.17) is 11.6 Å². The molecule has 0 spiro atoms. The molecule has 28 heavy (non-hydrogen) atoms. The first-order valence-electron chi connectivity index (χ1n) is 9.11. The minimum absolute atomic E-state index is 0.700. The van der Waals surface area contributed by atoms with E-state index in [2.05, 4.69) is 69.0 Å². The predicted molar refractivity (Wildman–Crippen MR) is 119 cm³/mol. The van der Waals surface area contributed by atoms with Crippen LogP contribution in [-0.4, -0.2) is 46.1 Å². The van der Waals surface area contributed by atoms with E-state index >= 15 is 0 Å². The first kappa shape index (κ1) is 19.1. The van der Waals surface area contributed by atoms with Crippen LogP contribution in [0.2, 0.25) is 5.02 Å². The zero-order valence-electron chi connectivity index (χ0n) is 16.1. The third kappa shape index (κ3) is 3.68. The molecule has 4 rings (SSSR count). The molecule has 2 heterocycles. The third-order valence-electron chi connectivity index (χ3n) is 4.54. The molecule has 0 saturated carbocycles. The van der Waals surface area contributed by atoms with Crippen molar-refractivity contribution in [2.75, 3.05) is 31.3 Å². The number of benzene rings is 2. The number of anilines is 2. The lowest BCUT2D eigenvalue weighted by Crippen LogP contribution is -2.18. The molecule has 2 aromatic carbocycles. The SMILES string of the molecule is Cc1nnc2n1-c1ccc(Cl)cc1N(c1ccccc1)C(SCCN(C)C)=C2. The molecule has 0 saturated heterocycles. The second-order valence-corrected chi connectivity index (χ2v) is 8.43. The summed E-state index contributed by atoms with van der Waals surface area (Å²) in [5.41, 5.74) is 3.13. The normalized spacial score (nSPS) is 13.2. The maximum absolute atomic E-state index is 6.42. The van der Waals surface area contributed by atoms with Crippen LogP contribution in [0.15, 0.2) is 53.6 Å². The van der Waals surface area contributed by atoms with Gasteiger partial charge in [0.15, 0.2) is 5.82 Å². The molecule has 0 bridgehead atoms. The van der Waals surface area contributed by atoms with Crippen molar-refractivity contribution in [3.63, 3.8) is 0 Å². The van der Waals surface area contributed by atoms with Crippen molar-refractivity contribution in [1.82, 2.24) is 19.7 Å². The highest BCUT2D eigenvalue weighted by Gasteiger charge is 2.26. The highest BCUT2D eigenvalue weighted by molar-refractivity contribution is 8.03. The summed E-state index contributed by atoms with van der Waals surface area (Å²) in [7, 11) is 4.18. The van der Waals surface area contributed by atoms with E-state index in [1.165, 1.54) is 0 Å². The van der Waals surface area contributed by atoms with Gasteiger partial charge in [-0.25, -0.2) is 0 Å². The van der Waals surface area contributed by atoms with Gasteiger partial charge >= 0.3 is 0 Å². The zero-order valence-corrected chi connectivity index (χ0v) is 17.7. The van der Waals surface area contributed by atoms with Gasteiger partial charge < -0.3 is 9.80 Å². The first-order valence-corrected chi connectivity index (χ1v) is 10.5. The summed E-state index contributed by atoms with van der Waals surface area (Å²) in [6, 6.07) is 16.3. The van der Waals surface area contributed by atoms with Gasteiger partial charge in [-0.15, -0.1) is 22.0 Å². The molecule has 3 aromatic rings. The summed E-state index contributed by atoms with van der Waals surface area (Å²) in [4.78, 5) is 4.45. The summed E-state index contributed by atoms with van der Waals surface area (Å²) in [6.07, 6.45) is 2.11. The number of para-hydroxylation sites is 1. The molecule has 0 N–H and O–H groups in total. The van der Waals surface area contributed by atoms with Crippen LogP contribution in [-0.2, 0) is 0 Å². The molecule has 1 aromatic heterocycles. The average molecular weight is 412 g/mol. The molecular formula is C21H22ClN5S. The number of nitrogens with zero attached hydrogens (tertiary/aromatic N) is 5. The maximum Gasteiger partial charge on any atom is 0.163 e. The molecule has 0 fully saturated rings. The average Bonchev–Trinajstić information content (AvgIpc) is 2.96. The van der Waals surface area contributed by atoms with Crippen LogP contribution in [0.5, 0.6) is 0 Å². The number of rotatable bonds is 5. The minimum atomic E-state index is 0.700. The summed E-state index contributed by atoms with van der Waals surface area (Å²) in [6.45, 7) is 2.96. The van der Waals surface area contributed by atoms with Gasteiger partial charge in [-0.05, 0) is 51.4 Å². The van der Waals surface area contributed by atoms with Gasteiger partial charge in [-0.3, -0.25) is 4.57 Å². The van der Waals surface area contributed by atoms with E-state index < -0.39 is 0 Å². The molecule has 7 heteroatoms. The van der Waals surface area contributed by atoms with Crippen LogP contribution in [0.3, 0.4) is 0 Å². The van der Waals surface area contributed by atoms with Crippen LogP contribution < -0.4 is 4.90 Å². The van der Waals surface area contributed by atoms with E-state index in [1.807, 2.05) is 31.2 Å². The monoisotopic (exact) mass is 411 g/mol. The van der Waals surface area contributed by atoms with Crippen molar-refractivity contribution in [3.05, 3.63) is 70.2 Å². The van der Waals surface area contributed by atoms with E-state index in [9.17, 15) is 0 Å². The summed E-state index contributed by atoms with van der Waals surface area (Å²) in [5, 5.41) is 10.5. The zero-order chi connectivity index (χ0) is 19.7. The van der Waals surface area contributed by atoms with Gasteiger partial charge in [0.2, 0.25) is 0 Å². The number of aromatic nitrogens is 3. The Morgan fingerprint density at radius 2 is 1.82 bits per heavy atom. The van der Waals surface area contributed by atoms with Gasteiger partial charge in [0.25, 0.3) is 0 Å². The fourth-order valence-corrected chi connectivity index (χ4v) is 4.56. The van der Waals surface area contributed by atoms with Crippen molar-refractivity contribution >= 4 is 40.8 Å². The highest BCUT2D eigenvalue weighted by Crippen LogP contribution is 2.42. The molecule has 0 amide bonds. The van der Waals surface area contributed by atoms with Gasteiger partial charge in [-0.2, -0.15) is 0 Å². The second-order valence-electron chi connectivity index (χ2n) is 6.88. The Bertz CT molecular complexity index is 1010. The second kappa shape index (κ2) is 7.99. The van der Waals surface area contributed by atoms with Crippen LogP contribution in [0.4, 0.5) is 11.4 Å². The Morgan fingerprint density at radius 3 is 2.57 bits per heavy atom. The van der Waals surface area contributed by atoms with Crippen molar-refractivity contribution in [2.45, 2.75) is 6.92 Å². The first-order chi connectivity index (χ1) is 13.5. The Labute approximate surface area is 174 Å². The molecule has 1 aliphatic heterocycles. The van der Waals surface area contributed by atoms with Crippen molar-refractivity contribution in [3.8, 4) is 5.69 Å². The quantitative estimate of drug-likeness (QED) is 0.592. The Hall–Kier alpha value is -2.28. The van der Waals surface area contributed by atoms with E-state index in [-0.39, 0.29) is 0 Å². The minimum Gasteiger partial charge on any atom is -0.309 e. The number of aryl methyl sites for hydroxylation is 1. The molecule has 0 radical (unpaired) electrons. The topological polar surface area (TPSA) is 37.2 Å². The molecular weight excluding hydrogens is 390 g/mol. The molecule has 144 valence electrons. The summed E-state index contributed by atoms with van der Waals surface area (Å²) < 4.78 is 2.08. The fourth-order valence-electron chi connectivity index (χ4n) is 3.21. The highest BCUT2D eigenvalue weighted by atomic mass is 35.5. The Morgan fingerprint density at radius 1 is 1.04 bits per heavy atom. The van der Waals surface area contributed by atoms with Gasteiger partial charge in [0.05, 0.1) is 16.4 Å². The van der Waals surface area contributed by atoms with Crippen LogP contribution >= 0.6 is 23.4 Å². The number of hydrogen-bond donors (Lipinski definition) is 0. The molecule has 0 aliphatic carbocycles. The van der Waals surface area contributed by atoms with Gasteiger partial charge in [0.1, 0.15) is 5.82 Å². The molecule has 0 unspecified atom stereocenters. The van der Waals surface area contributed by atoms with Crippen molar-refractivity contribution < 1.29 is 0 Å². The molecule has 5 nitrogen and oxygen atoms in total. The fraction of sp³-hybridized carbons (Fsp3) is 0.238. The number of hydrogen-bond acceptors (Lipinski definition) is 5. The molecule has 0 atom stereocenters. The number of fused-ring (bicyclic) bond motifs is 3. The third-order valence-corrected chi connectivity index (χ3v) is 5.76.